The van der Waals surface area contributed by atoms with Gasteiger partial charge in [-0.1, -0.05) is 33.4 Å². The molecule has 0 spiro atoms. The molecule has 1 unspecified atom stereocenters. The van der Waals surface area contributed by atoms with Crippen molar-refractivity contribution >= 4 is 23.7 Å². The summed E-state index contributed by atoms with van der Waals surface area (Å²) in [5.41, 5.74) is -0.457. The van der Waals surface area contributed by atoms with Gasteiger partial charge in [0.15, 0.2) is 5.60 Å². The number of fused-ring (bicyclic) bond motifs is 2. The van der Waals surface area contributed by atoms with Crippen LogP contribution in [0.1, 0.15) is 67.7 Å². The fraction of sp³-hybridized carbons (Fsp3) is 0.692. The number of hydrogen-bond acceptors (Lipinski definition) is 7. The molecule has 2 fully saturated rings. The van der Waals surface area contributed by atoms with Crippen LogP contribution in [0, 0.1) is 29.1 Å². The van der Waals surface area contributed by atoms with E-state index in [9.17, 15) is 19.2 Å². The van der Waals surface area contributed by atoms with E-state index in [1.165, 1.54) is 20.8 Å². The van der Waals surface area contributed by atoms with Gasteiger partial charge in [0.1, 0.15) is 12.2 Å². The summed E-state index contributed by atoms with van der Waals surface area (Å²) in [5, 5.41) is 0. The zero-order valence-corrected chi connectivity index (χ0v) is 20.7. The van der Waals surface area contributed by atoms with Crippen molar-refractivity contribution < 1.29 is 33.4 Å². The van der Waals surface area contributed by atoms with Crippen LogP contribution in [0.15, 0.2) is 23.8 Å². The van der Waals surface area contributed by atoms with Crippen molar-refractivity contribution in [2.75, 3.05) is 0 Å². The van der Waals surface area contributed by atoms with Gasteiger partial charge in [-0.05, 0) is 54.1 Å². The van der Waals surface area contributed by atoms with Crippen LogP contribution in [-0.2, 0) is 33.4 Å². The highest BCUT2D eigenvalue weighted by molar-refractivity contribution is 6.03. The van der Waals surface area contributed by atoms with E-state index in [1.807, 2.05) is 13.0 Å². The Morgan fingerprint density at radius 2 is 1.67 bits per heavy atom. The average molecular weight is 461 g/mol. The van der Waals surface area contributed by atoms with Crippen molar-refractivity contribution in [1.29, 1.82) is 0 Å². The molecule has 0 heterocycles. The van der Waals surface area contributed by atoms with Crippen molar-refractivity contribution in [1.82, 2.24) is 0 Å². The van der Waals surface area contributed by atoms with Gasteiger partial charge in [-0.3, -0.25) is 19.2 Å². The zero-order chi connectivity index (χ0) is 24.9. The molecule has 33 heavy (non-hydrogen) atoms. The molecule has 0 aromatic rings. The first-order valence-electron chi connectivity index (χ1n) is 11.7. The normalized spacial score (nSPS) is 37.6. The first-order chi connectivity index (χ1) is 15.2. The van der Waals surface area contributed by atoms with Crippen LogP contribution in [0.4, 0.5) is 0 Å². The van der Waals surface area contributed by atoms with Crippen LogP contribution >= 0.6 is 0 Å². The molecule has 0 aromatic heterocycles. The van der Waals surface area contributed by atoms with Gasteiger partial charge in [-0.25, -0.2) is 0 Å². The molecule has 3 aliphatic rings. The van der Waals surface area contributed by atoms with Crippen molar-refractivity contribution in [2.24, 2.45) is 29.1 Å². The third-order valence-corrected chi connectivity index (χ3v) is 7.82. The minimum Gasteiger partial charge on any atom is -0.462 e. The molecule has 7 atom stereocenters. The lowest BCUT2D eigenvalue weighted by Gasteiger charge is -2.39. The molecule has 0 N–H and O–H groups in total. The second-order valence-corrected chi connectivity index (χ2v) is 10.6. The number of allylic oxidation sites excluding steroid dienone is 1. The maximum absolute atomic E-state index is 14.0. The van der Waals surface area contributed by atoms with Crippen LogP contribution in [0.5, 0.6) is 0 Å². The molecule has 2 saturated carbocycles. The second kappa shape index (κ2) is 8.73. The highest BCUT2D eigenvalue weighted by Crippen LogP contribution is 2.62. The van der Waals surface area contributed by atoms with E-state index in [0.717, 1.165) is 6.42 Å². The van der Waals surface area contributed by atoms with Gasteiger partial charge in [-0.2, -0.15) is 0 Å². The Hall–Kier alpha value is -2.44. The van der Waals surface area contributed by atoms with Crippen LogP contribution in [0.3, 0.4) is 0 Å². The molecule has 0 aromatic carbocycles. The summed E-state index contributed by atoms with van der Waals surface area (Å²) in [6, 6.07) is 0. The fourth-order valence-electron chi connectivity index (χ4n) is 6.22. The predicted molar refractivity (Wildman–Crippen MR) is 121 cm³/mol. The molecular weight excluding hydrogens is 424 g/mol. The van der Waals surface area contributed by atoms with Gasteiger partial charge in [0.2, 0.25) is 5.78 Å². The van der Waals surface area contributed by atoms with Crippen LogP contribution in [0.2, 0.25) is 0 Å². The largest absolute Gasteiger partial charge is 0.462 e. The minimum atomic E-state index is -1.63. The Morgan fingerprint density at radius 3 is 2.21 bits per heavy atom. The second-order valence-electron chi connectivity index (χ2n) is 10.6. The van der Waals surface area contributed by atoms with E-state index in [2.05, 4.69) is 20.4 Å². The van der Waals surface area contributed by atoms with Gasteiger partial charge in [-0.15, -0.1) is 0 Å². The number of ether oxygens (including phenoxy) is 3. The summed E-state index contributed by atoms with van der Waals surface area (Å²) in [6.45, 7) is 16.0. The monoisotopic (exact) mass is 460 g/mol. The topological polar surface area (TPSA) is 96.0 Å². The van der Waals surface area contributed by atoms with Gasteiger partial charge >= 0.3 is 17.9 Å². The number of carbonyl (C=O) groups is 4. The molecule has 0 radical (unpaired) electrons. The Balaban J connectivity index is 2.23. The van der Waals surface area contributed by atoms with Gasteiger partial charge in [0.25, 0.3) is 0 Å². The summed E-state index contributed by atoms with van der Waals surface area (Å²) in [5.74, 6) is -2.64. The van der Waals surface area contributed by atoms with E-state index >= 15 is 0 Å². The lowest BCUT2D eigenvalue weighted by molar-refractivity contribution is -0.182. The van der Waals surface area contributed by atoms with Crippen molar-refractivity contribution in [3.8, 4) is 0 Å². The van der Waals surface area contributed by atoms with E-state index in [4.69, 9.17) is 14.2 Å². The molecule has 7 nitrogen and oxygen atoms in total. The Morgan fingerprint density at radius 1 is 1.06 bits per heavy atom. The number of Topliss-reactive ketones (excluding diaryl/α,β-unsaturated/α-hetero) is 1. The molecule has 3 rings (SSSR count). The molecule has 0 aliphatic heterocycles. The van der Waals surface area contributed by atoms with Crippen molar-refractivity contribution in [3.63, 3.8) is 0 Å². The quantitative estimate of drug-likeness (QED) is 0.357. The van der Waals surface area contributed by atoms with Crippen LogP contribution in [0.25, 0.3) is 0 Å². The average Bonchev–Trinajstić information content (AvgIpc) is 3.07. The summed E-state index contributed by atoms with van der Waals surface area (Å²) in [7, 11) is 0. The Labute approximate surface area is 195 Å². The van der Waals surface area contributed by atoms with Crippen LogP contribution in [-0.4, -0.2) is 41.5 Å². The number of esters is 3. The van der Waals surface area contributed by atoms with E-state index < -0.39 is 41.6 Å². The predicted octanol–water partition coefficient (Wildman–Crippen LogP) is 3.95. The van der Waals surface area contributed by atoms with Gasteiger partial charge < -0.3 is 14.2 Å². The fourth-order valence-corrected chi connectivity index (χ4v) is 6.22. The Kier molecular flexibility index (Phi) is 6.66. The maximum Gasteiger partial charge on any atom is 0.303 e. The summed E-state index contributed by atoms with van der Waals surface area (Å²) in [6.07, 6.45) is 1.83. The molecule has 0 saturated heterocycles. The third-order valence-electron chi connectivity index (χ3n) is 7.82. The summed E-state index contributed by atoms with van der Waals surface area (Å²) >= 11 is 0. The molecule has 0 amide bonds. The minimum absolute atomic E-state index is 0.0369. The zero-order valence-electron chi connectivity index (χ0n) is 20.7. The van der Waals surface area contributed by atoms with E-state index in [0.29, 0.717) is 23.5 Å². The highest BCUT2D eigenvalue weighted by atomic mass is 16.6. The summed E-state index contributed by atoms with van der Waals surface area (Å²) < 4.78 is 17.3. The standard InChI is InChI=1S/C26H36O7/c1-13-9-10-19-20(25(19,7)8)11-14(2)24(30)26(33-18(6)29)12-15(3)23(32-17(5)28)21(26)22(13)31-16(4)27/h11,15,19-23H,1,9-10,12H2,2-8H3/t15-,19-,20+,21-,22?,23-,26+/m0/s1. The molecule has 7 heteroatoms. The van der Waals surface area contributed by atoms with Gasteiger partial charge in [0, 0.05) is 27.2 Å². The smallest absolute Gasteiger partial charge is 0.303 e. The number of hydrogen-bond donors (Lipinski definition) is 0. The SMILES string of the molecule is C=C1CC[C@H]2[C@@H](C=C(C)C(=O)[C@@]3(OC(C)=O)C[C@H](C)[C@H](OC(C)=O)[C@@H]3C1OC(C)=O)C2(C)C. The molecular formula is C26H36O7. The van der Waals surface area contributed by atoms with Gasteiger partial charge in [0.05, 0.1) is 5.92 Å². The Bertz CT molecular complexity index is 914. The lowest BCUT2D eigenvalue weighted by Crippen LogP contribution is -2.55. The molecule has 182 valence electrons. The number of ketones is 1. The van der Waals surface area contributed by atoms with Crippen molar-refractivity contribution in [3.05, 3.63) is 23.8 Å². The molecule has 0 bridgehead atoms. The number of rotatable bonds is 3. The third kappa shape index (κ3) is 4.51. The molecule has 3 aliphatic carbocycles. The van der Waals surface area contributed by atoms with Crippen molar-refractivity contribution in [2.45, 2.75) is 85.5 Å². The first kappa shape index (κ1) is 25.2. The van der Waals surface area contributed by atoms with E-state index in [-0.39, 0.29) is 29.5 Å². The number of carbonyl (C=O) groups excluding carboxylic acids is 4. The summed E-state index contributed by atoms with van der Waals surface area (Å²) in [4.78, 5) is 50.5. The highest BCUT2D eigenvalue weighted by Gasteiger charge is 2.65. The lowest BCUT2D eigenvalue weighted by atomic mass is 9.76. The van der Waals surface area contributed by atoms with E-state index in [1.54, 1.807) is 6.92 Å². The maximum atomic E-state index is 14.0. The van der Waals surface area contributed by atoms with Crippen LogP contribution < -0.4 is 0 Å². The first-order valence-corrected chi connectivity index (χ1v) is 11.7.